The lowest BCUT2D eigenvalue weighted by Gasteiger charge is -2.38. The number of hydrogen-bond donors (Lipinski definition) is 1. The van der Waals surface area contributed by atoms with Gasteiger partial charge in [0, 0.05) is 30.5 Å². The minimum atomic E-state index is 0.0442. The Hall–Kier alpha value is -2.17. The minimum absolute atomic E-state index is 0.0442. The third kappa shape index (κ3) is 4.93. The van der Waals surface area contributed by atoms with Gasteiger partial charge in [0.1, 0.15) is 11.6 Å². The summed E-state index contributed by atoms with van der Waals surface area (Å²) < 4.78 is 2.38. The van der Waals surface area contributed by atoms with E-state index in [4.69, 9.17) is 0 Å². The zero-order valence-electron chi connectivity index (χ0n) is 19.2. The summed E-state index contributed by atoms with van der Waals surface area (Å²) in [4.78, 5) is 12.5. The van der Waals surface area contributed by atoms with E-state index >= 15 is 0 Å². The molecule has 4 rings (SSSR count). The van der Waals surface area contributed by atoms with Gasteiger partial charge in [0.25, 0.3) is 0 Å². The highest BCUT2D eigenvalue weighted by Gasteiger charge is 2.39. The van der Waals surface area contributed by atoms with Crippen molar-refractivity contribution in [3.05, 3.63) is 41.0 Å². The minimum Gasteiger partial charge on any atom is -0.326 e. The van der Waals surface area contributed by atoms with Gasteiger partial charge in [0.2, 0.25) is 5.91 Å². The molecule has 0 spiro atoms. The van der Waals surface area contributed by atoms with E-state index in [2.05, 4.69) is 53.8 Å². The number of anilines is 1. The van der Waals surface area contributed by atoms with E-state index in [1.165, 1.54) is 43.5 Å². The van der Waals surface area contributed by atoms with Crippen LogP contribution in [0.3, 0.4) is 0 Å². The van der Waals surface area contributed by atoms with E-state index in [-0.39, 0.29) is 5.91 Å². The van der Waals surface area contributed by atoms with Gasteiger partial charge in [-0.1, -0.05) is 38.5 Å². The topological polar surface area (TPSA) is 59.8 Å². The Labute approximate surface area is 180 Å². The molecule has 0 radical (unpaired) electrons. The average molecular weight is 409 g/mol. The molecule has 1 aromatic carbocycles. The number of aryl methyl sites for hydroxylation is 3. The number of carbonyl (C=O) groups excluding carboxylic acids is 1. The lowest BCUT2D eigenvalue weighted by molar-refractivity contribution is -0.116. The van der Waals surface area contributed by atoms with Crippen LogP contribution in [-0.4, -0.2) is 20.7 Å². The number of aromatic nitrogens is 3. The number of hydrogen-bond acceptors (Lipinski definition) is 3. The van der Waals surface area contributed by atoms with Crippen molar-refractivity contribution in [3.63, 3.8) is 0 Å². The SMILES string of the molecule is Cc1ccc(NC(=O)CCc2nnc(C3CC(CC(C)(C)C)C3)n2C2CC2)c(C)c1. The first-order valence-electron chi connectivity index (χ1n) is 11.5. The van der Waals surface area contributed by atoms with Crippen LogP contribution in [0, 0.1) is 25.2 Å². The largest absolute Gasteiger partial charge is 0.326 e. The van der Waals surface area contributed by atoms with Crippen molar-refractivity contribution in [2.75, 3.05) is 5.32 Å². The fourth-order valence-electron chi connectivity index (χ4n) is 4.89. The monoisotopic (exact) mass is 408 g/mol. The van der Waals surface area contributed by atoms with Crippen LogP contribution in [0.5, 0.6) is 0 Å². The molecule has 2 aliphatic carbocycles. The standard InChI is InChI=1S/C25H36N4O/c1-16-6-9-21(17(2)12-16)26-23(30)11-10-22-27-28-24(29(22)20-7-8-20)19-13-18(14-19)15-25(3,4)5/h6,9,12,18-20H,7-8,10-11,13-15H2,1-5H3,(H,26,30). The Morgan fingerprint density at radius 2 is 1.90 bits per heavy atom. The van der Waals surface area contributed by atoms with Crippen molar-refractivity contribution in [1.82, 2.24) is 14.8 Å². The van der Waals surface area contributed by atoms with Crippen molar-refractivity contribution in [2.45, 2.75) is 91.5 Å². The molecule has 0 atom stereocenters. The molecule has 0 saturated heterocycles. The Balaban J connectivity index is 1.36. The van der Waals surface area contributed by atoms with E-state index < -0.39 is 0 Å². The number of benzene rings is 1. The van der Waals surface area contributed by atoms with Crippen LogP contribution in [0.2, 0.25) is 0 Å². The summed E-state index contributed by atoms with van der Waals surface area (Å²) in [6, 6.07) is 6.66. The maximum atomic E-state index is 12.5. The molecule has 2 aromatic rings. The zero-order chi connectivity index (χ0) is 21.5. The van der Waals surface area contributed by atoms with Gasteiger partial charge in [-0.05, 0) is 68.9 Å². The highest BCUT2D eigenvalue weighted by molar-refractivity contribution is 5.91. The van der Waals surface area contributed by atoms with Crippen LogP contribution < -0.4 is 5.32 Å². The molecular weight excluding hydrogens is 372 g/mol. The van der Waals surface area contributed by atoms with Crippen LogP contribution in [0.4, 0.5) is 5.69 Å². The summed E-state index contributed by atoms with van der Waals surface area (Å²) in [5.41, 5.74) is 3.60. The van der Waals surface area contributed by atoms with Crippen LogP contribution in [-0.2, 0) is 11.2 Å². The van der Waals surface area contributed by atoms with Crippen molar-refractivity contribution >= 4 is 11.6 Å². The van der Waals surface area contributed by atoms with Crippen molar-refractivity contribution in [1.29, 1.82) is 0 Å². The smallest absolute Gasteiger partial charge is 0.224 e. The van der Waals surface area contributed by atoms with Crippen molar-refractivity contribution in [2.24, 2.45) is 11.3 Å². The summed E-state index contributed by atoms with van der Waals surface area (Å²) in [6.07, 6.45) is 7.26. The summed E-state index contributed by atoms with van der Waals surface area (Å²) in [5.74, 6) is 3.56. The first-order chi connectivity index (χ1) is 14.2. The van der Waals surface area contributed by atoms with Gasteiger partial charge in [-0.15, -0.1) is 10.2 Å². The van der Waals surface area contributed by atoms with Gasteiger partial charge >= 0.3 is 0 Å². The van der Waals surface area contributed by atoms with Gasteiger partial charge in [0.05, 0.1) is 0 Å². The van der Waals surface area contributed by atoms with Gasteiger partial charge in [-0.25, -0.2) is 0 Å². The molecule has 1 aromatic heterocycles. The number of nitrogens with one attached hydrogen (secondary N) is 1. The predicted octanol–water partition coefficient (Wildman–Crippen LogP) is 5.73. The van der Waals surface area contributed by atoms with E-state index in [0.29, 0.717) is 30.2 Å². The molecule has 2 aliphatic rings. The average Bonchev–Trinajstić information content (AvgIpc) is 3.37. The maximum Gasteiger partial charge on any atom is 0.224 e. The Bertz CT molecular complexity index is 914. The molecule has 5 heteroatoms. The summed E-state index contributed by atoms with van der Waals surface area (Å²) in [7, 11) is 0. The number of nitrogens with zero attached hydrogens (tertiary/aromatic N) is 3. The Morgan fingerprint density at radius 3 is 2.53 bits per heavy atom. The fraction of sp³-hybridized carbons (Fsp3) is 0.640. The number of carbonyl (C=O) groups is 1. The third-order valence-corrected chi connectivity index (χ3v) is 6.44. The second kappa shape index (κ2) is 8.16. The van der Waals surface area contributed by atoms with E-state index in [0.717, 1.165) is 23.0 Å². The van der Waals surface area contributed by atoms with E-state index in [1.807, 2.05) is 19.1 Å². The second-order valence-electron chi connectivity index (χ2n) is 10.7. The molecule has 1 amide bonds. The molecule has 0 bridgehead atoms. The van der Waals surface area contributed by atoms with Gasteiger partial charge in [0.15, 0.2) is 0 Å². The Morgan fingerprint density at radius 1 is 1.17 bits per heavy atom. The number of amides is 1. The fourth-order valence-corrected chi connectivity index (χ4v) is 4.89. The van der Waals surface area contributed by atoms with E-state index in [1.54, 1.807) is 0 Å². The molecule has 2 saturated carbocycles. The first-order valence-corrected chi connectivity index (χ1v) is 11.5. The van der Waals surface area contributed by atoms with Crippen molar-refractivity contribution in [3.8, 4) is 0 Å². The van der Waals surface area contributed by atoms with Gasteiger partial charge < -0.3 is 9.88 Å². The summed E-state index contributed by atoms with van der Waals surface area (Å²) in [5, 5.41) is 12.2. The molecule has 1 N–H and O–H groups in total. The second-order valence-corrected chi connectivity index (χ2v) is 10.7. The molecule has 0 unspecified atom stereocenters. The molecule has 162 valence electrons. The lowest BCUT2D eigenvalue weighted by atomic mass is 9.68. The van der Waals surface area contributed by atoms with E-state index in [9.17, 15) is 4.79 Å². The van der Waals surface area contributed by atoms with Crippen LogP contribution >= 0.6 is 0 Å². The Kier molecular flexibility index (Phi) is 5.73. The quantitative estimate of drug-likeness (QED) is 0.636. The van der Waals surface area contributed by atoms with Crippen LogP contribution in [0.25, 0.3) is 0 Å². The van der Waals surface area contributed by atoms with Gasteiger partial charge in [-0.2, -0.15) is 0 Å². The molecule has 30 heavy (non-hydrogen) atoms. The summed E-state index contributed by atoms with van der Waals surface area (Å²) in [6.45, 7) is 11.1. The highest BCUT2D eigenvalue weighted by Crippen LogP contribution is 2.48. The maximum absolute atomic E-state index is 12.5. The molecule has 5 nitrogen and oxygen atoms in total. The first kappa shape index (κ1) is 21.1. The van der Waals surface area contributed by atoms with Crippen molar-refractivity contribution < 1.29 is 4.79 Å². The zero-order valence-corrected chi connectivity index (χ0v) is 19.2. The lowest BCUT2D eigenvalue weighted by Crippen LogP contribution is -2.28. The molecular formula is C25H36N4O. The molecule has 0 aliphatic heterocycles. The summed E-state index contributed by atoms with van der Waals surface area (Å²) >= 11 is 0. The number of rotatable bonds is 7. The normalized spacial score (nSPS) is 21.4. The van der Waals surface area contributed by atoms with Gasteiger partial charge in [-0.3, -0.25) is 4.79 Å². The predicted molar refractivity (Wildman–Crippen MR) is 121 cm³/mol. The van der Waals surface area contributed by atoms with Crippen LogP contribution in [0.1, 0.15) is 94.0 Å². The highest BCUT2D eigenvalue weighted by atomic mass is 16.1. The van der Waals surface area contributed by atoms with Crippen LogP contribution in [0.15, 0.2) is 18.2 Å². The third-order valence-electron chi connectivity index (χ3n) is 6.44. The molecule has 1 heterocycles. The molecule has 2 fully saturated rings.